The third kappa shape index (κ3) is 8.44. The lowest BCUT2D eigenvalue weighted by Crippen LogP contribution is -2.38. The number of anilines is 1. The number of nitrogens with one attached hydrogen (secondary N) is 3. The number of hydrazone groups is 2. The van der Waals surface area contributed by atoms with Crippen LogP contribution in [0.1, 0.15) is 62.5 Å². The van der Waals surface area contributed by atoms with Crippen LogP contribution in [0.4, 0.5) is 5.69 Å². The van der Waals surface area contributed by atoms with Crippen molar-refractivity contribution in [1.82, 2.24) is 10.9 Å². The Hall–Kier alpha value is -4.38. The van der Waals surface area contributed by atoms with E-state index >= 15 is 0 Å². The molecule has 1 aliphatic carbocycles. The maximum absolute atomic E-state index is 13.2. The minimum absolute atomic E-state index is 0.0567. The summed E-state index contributed by atoms with van der Waals surface area (Å²) >= 11 is 0. The number of nitrogens with zero attached hydrogens (tertiary/aromatic N) is 4. The van der Waals surface area contributed by atoms with E-state index in [9.17, 15) is 19.2 Å². The number of hydrogen-bond acceptors (Lipinski definition) is 8. The number of ketones is 1. The van der Waals surface area contributed by atoms with Gasteiger partial charge in [-0.3, -0.25) is 19.2 Å². The van der Waals surface area contributed by atoms with Gasteiger partial charge in [-0.25, -0.2) is 10.9 Å². The molecule has 0 spiro atoms. The first-order chi connectivity index (χ1) is 17.3. The van der Waals surface area contributed by atoms with Gasteiger partial charge in [-0.1, -0.05) is 18.2 Å². The van der Waals surface area contributed by atoms with E-state index in [0.29, 0.717) is 30.7 Å². The molecule has 0 atom stereocenters. The predicted molar refractivity (Wildman–Crippen MR) is 132 cm³/mol. The molecule has 11 nitrogen and oxygen atoms in total. The molecule has 0 saturated heterocycles. The largest absolute Gasteiger partial charge is 0.326 e. The van der Waals surface area contributed by atoms with Crippen LogP contribution in [0.2, 0.25) is 0 Å². The van der Waals surface area contributed by atoms with Gasteiger partial charge in [0, 0.05) is 18.5 Å². The number of aryl methyl sites for hydroxylation is 2. The van der Waals surface area contributed by atoms with Crippen LogP contribution in [0.15, 0.2) is 28.4 Å². The molecule has 0 aromatic heterocycles. The van der Waals surface area contributed by atoms with Gasteiger partial charge in [0.05, 0.1) is 29.5 Å². The lowest BCUT2D eigenvalue weighted by molar-refractivity contribution is -0.121. The SMILES string of the molecule is Cc1cccc(C)c1NC(=O)CCCC(=O)C1C(=NNC(=O)CC#N)CCCC1=NNC(=O)CC#N. The Morgan fingerprint density at radius 1 is 0.889 bits per heavy atom. The number of amides is 3. The van der Waals surface area contributed by atoms with Crippen molar-refractivity contribution in [1.29, 1.82) is 10.5 Å². The highest BCUT2D eigenvalue weighted by molar-refractivity contribution is 6.24. The van der Waals surface area contributed by atoms with E-state index in [4.69, 9.17) is 10.5 Å². The second-order valence-corrected chi connectivity index (χ2v) is 8.37. The number of nitriles is 2. The van der Waals surface area contributed by atoms with Crippen LogP contribution in [0, 0.1) is 42.4 Å². The fraction of sp³-hybridized carbons (Fsp3) is 0.440. The molecule has 188 valence electrons. The molecular weight excluding hydrogens is 462 g/mol. The second-order valence-electron chi connectivity index (χ2n) is 8.37. The first-order valence-electron chi connectivity index (χ1n) is 11.6. The van der Waals surface area contributed by atoms with E-state index in [1.54, 1.807) is 12.1 Å². The van der Waals surface area contributed by atoms with Crippen LogP contribution in [0.25, 0.3) is 0 Å². The van der Waals surface area contributed by atoms with Gasteiger partial charge >= 0.3 is 0 Å². The van der Waals surface area contributed by atoms with Gasteiger partial charge in [-0.2, -0.15) is 20.7 Å². The second kappa shape index (κ2) is 14.1. The Balaban J connectivity index is 2.10. The molecule has 0 bridgehead atoms. The van der Waals surface area contributed by atoms with Crippen molar-refractivity contribution in [2.24, 2.45) is 16.1 Å². The normalized spacial score (nSPS) is 17.1. The number of Topliss-reactive ketones (excluding diaryl/α,β-unsaturated/α-hetero) is 1. The summed E-state index contributed by atoms with van der Waals surface area (Å²) in [6.45, 7) is 3.81. The van der Waals surface area contributed by atoms with Crippen LogP contribution in [-0.4, -0.2) is 34.9 Å². The van der Waals surface area contributed by atoms with Crippen molar-refractivity contribution < 1.29 is 19.2 Å². The standard InChI is InChI=1S/C25H29N7O4/c1-16-6-3-7-17(2)25(16)28-21(34)11-5-10-20(33)24-18(29-31-22(35)12-14-26)8-4-9-19(24)30-32-23(36)13-15-27/h3,6-7,24H,4-5,8-13H2,1-2H3,(H,28,34)(H,31,35)(H,32,36). The average Bonchev–Trinajstić information content (AvgIpc) is 2.84. The molecule has 2 rings (SSSR count). The zero-order valence-electron chi connectivity index (χ0n) is 20.4. The molecule has 3 amide bonds. The summed E-state index contributed by atoms with van der Waals surface area (Å²) in [5, 5.41) is 28.3. The quantitative estimate of drug-likeness (QED) is 0.423. The van der Waals surface area contributed by atoms with Gasteiger partial charge in [0.1, 0.15) is 18.6 Å². The number of rotatable bonds is 10. The summed E-state index contributed by atoms with van der Waals surface area (Å²) in [6.07, 6.45) is 1.13. The van der Waals surface area contributed by atoms with Gasteiger partial charge in [0.2, 0.25) is 5.91 Å². The van der Waals surface area contributed by atoms with E-state index in [1.807, 2.05) is 32.0 Å². The molecule has 3 N–H and O–H groups in total. The highest BCUT2D eigenvalue weighted by Gasteiger charge is 2.33. The summed E-state index contributed by atoms with van der Waals surface area (Å²) in [5.74, 6) is -2.56. The predicted octanol–water partition coefficient (Wildman–Crippen LogP) is 2.55. The zero-order valence-corrected chi connectivity index (χ0v) is 20.4. The highest BCUT2D eigenvalue weighted by atomic mass is 16.2. The van der Waals surface area contributed by atoms with E-state index in [2.05, 4.69) is 26.4 Å². The molecule has 1 fully saturated rings. The lowest BCUT2D eigenvalue weighted by atomic mass is 9.81. The maximum atomic E-state index is 13.2. The third-order valence-corrected chi connectivity index (χ3v) is 5.55. The summed E-state index contributed by atoms with van der Waals surface area (Å²) in [6, 6.07) is 9.16. The highest BCUT2D eigenvalue weighted by Crippen LogP contribution is 2.23. The maximum Gasteiger partial charge on any atom is 0.254 e. The van der Waals surface area contributed by atoms with Crippen molar-refractivity contribution >= 4 is 40.6 Å². The Labute approximate surface area is 209 Å². The van der Waals surface area contributed by atoms with Crippen molar-refractivity contribution in [2.75, 3.05) is 5.32 Å². The van der Waals surface area contributed by atoms with E-state index in [1.165, 1.54) is 0 Å². The number of carbonyl (C=O) groups is 4. The van der Waals surface area contributed by atoms with Crippen molar-refractivity contribution in [2.45, 2.75) is 65.2 Å². The van der Waals surface area contributed by atoms with Gasteiger partial charge < -0.3 is 5.32 Å². The van der Waals surface area contributed by atoms with Crippen molar-refractivity contribution in [3.05, 3.63) is 29.3 Å². The molecule has 0 unspecified atom stereocenters. The van der Waals surface area contributed by atoms with Crippen LogP contribution in [-0.2, 0) is 19.2 Å². The topological polar surface area (TPSA) is 177 Å². The molecule has 0 aliphatic heterocycles. The van der Waals surface area contributed by atoms with Crippen LogP contribution in [0.3, 0.4) is 0 Å². The zero-order chi connectivity index (χ0) is 26.5. The molecule has 1 aromatic carbocycles. The molecule has 11 heteroatoms. The molecule has 0 heterocycles. The van der Waals surface area contributed by atoms with Gasteiger partial charge in [-0.05, 0) is 50.7 Å². The minimum Gasteiger partial charge on any atom is -0.326 e. The van der Waals surface area contributed by atoms with E-state index in [-0.39, 0.29) is 43.8 Å². The fourth-order valence-corrected chi connectivity index (χ4v) is 3.82. The first kappa shape index (κ1) is 27.9. The van der Waals surface area contributed by atoms with E-state index < -0.39 is 17.7 Å². The Morgan fingerprint density at radius 2 is 1.42 bits per heavy atom. The number of hydrogen-bond donors (Lipinski definition) is 3. The molecule has 1 saturated carbocycles. The Morgan fingerprint density at radius 3 is 1.92 bits per heavy atom. The van der Waals surface area contributed by atoms with Crippen LogP contribution >= 0.6 is 0 Å². The first-order valence-corrected chi connectivity index (χ1v) is 11.6. The Kier molecular flexibility index (Phi) is 10.9. The number of para-hydroxylation sites is 1. The van der Waals surface area contributed by atoms with Crippen molar-refractivity contribution in [3.8, 4) is 12.1 Å². The van der Waals surface area contributed by atoms with E-state index in [0.717, 1.165) is 16.8 Å². The lowest BCUT2D eigenvalue weighted by Gasteiger charge is -2.25. The van der Waals surface area contributed by atoms with Gasteiger partial charge in [0.25, 0.3) is 11.8 Å². The average molecular weight is 492 g/mol. The van der Waals surface area contributed by atoms with Gasteiger partial charge in [0.15, 0.2) is 0 Å². The smallest absolute Gasteiger partial charge is 0.254 e. The molecule has 36 heavy (non-hydrogen) atoms. The number of carbonyl (C=O) groups excluding carboxylic acids is 4. The summed E-state index contributed by atoms with van der Waals surface area (Å²) in [4.78, 5) is 49.0. The molecule has 0 radical (unpaired) electrons. The monoisotopic (exact) mass is 491 g/mol. The minimum atomic E-state index is -0.884. The summed E-state index contributed by atoms with van der Waals surface area (Å²) in [7, 11) is 0. The number of benzene rings is 1. The summed E-state index contributed by atoms with van der Waals surface area (Å²) in [5.41, 5.74) is 7.94. The van der Waals surface area contributed by atoms with Crippen LogP contribution in [0.5, 0.6) is 0 Å². The molecule has 1 aromatic rings. The third-order valence-electron chi connectivity index (χ3n) is 5.55. The molecular formula is C25H29N7O4. The van der Waals surface area contributed by atoms with Crippen LogP contribution < -0.4 is 16.2 Å². The van der Waals surface area contributed by atoms with Gasteiger partial charge in [-0.15, -0.1) is 0 Å². The van der Waals surface area contributed by atoms with Crippen molar-refractivity contribution in [3.63, 3.8) is 0 Å². The Bertz CT molecular complexity index is 1090. The molecule has 1 aliphatic rings. The fourth-order valence-electron chi connectivity index (χ4n) is 3.82. The summed E-state index contributed by atoms with van der Waals surface area (Å²) < 4.78 is 0.